The molecule has 2 N–H and O–H groups in total. The van der Waals surface area contributed by atoms with Crippen LogP contribution in [0.1, 0.15) is 62.1 Å². The van der Waals surface area contributed by atoms with Crippen molar-refractivity contribution in [3.05, 3.63) is 52.9 Å². The molecule has 1 heterocycles. The van der Waals surface area contributed by atoms with Crippen LogP contribution in [0.3, 0.4) is 0 Å². The van der Waals surface area contributed by atoms with Gasteiger partial charge in [0.15, 0.2) is 0 Å². The van der Waals surface area contributed by atoms with Crippen LogP contribution in [0, 0.1) is 17.3 Å². The lowest BCUT2D eigenvalue weighted by atomic mass is 9.55. The topological polar surface area (TPSA) is 58.3 Å². The number of benzene rings is 1. The summed E-state index contributed by atoms with van der Waals surface area (Å²) < 4.78 is 1.94. The number of phenols is 1. The monoisotopic (exact) mass is 378 g/mol. The molecule has 1 aromatic carbocycles. The number of aryl methyl sites for hydroxylation is 2. The third-order valence-corrected chi connectivity index (χ3v) is 7.91. The first-order chi connectivity index (χ1) is 13.5. The number of aliphatic hydroxyl groups excluding tert-OH is 1. The number of rotatable bonds is 2. The summed E-state index contributed by atoms with van der Waals surface area (Å²) >= 11 is 0. The van der Waals surface area contributed by atoms with Crippen LogP contribution < -0.4 is 0 Å². The van der Waals surface area contributed by atoms with Gasteiger partial charge in [-0.15, -0.1) is 0 Å². The van der Waals surface area contributed by atoms with E-state index in [-0.39, 0.29) is 11.5 Å². The van der Waals surface area contributed by atoms with E-state index in [9.17, 15) is 10.2 Å². The lowest BCUT2D eigenvalue weighted by Crippen LogP contribution is -2.44. The first-order valence-corrected chi connectivity index (χ1v) is 10.7. The van der Waals surface area contributed by atoms with Crippen molar-refractivity contribution in [1.82, 2.24) is 9.78 Å². The van der Waals surface area contributed by atoms with Crippen LogP contribution in [0.4, 0.5) is 0 Å². The molecule has 0 spiro atoms. The Morgan fingerprint density at radius 3 is 2.96 bits per heavy atom. The molecule has 148 valence electrons. The van der Waals surface area contributed by atoms with E-state index in [4.69, 9.17) is 0 Å². The fourth-order valence-corrected chi connectivity index (χ4v) is 6.41. The minimum atomic E-state index is -0.357. The van der Waals surface area contributed by atoms with Crippen LogP contribution in [-0.4, -0.2) is 26.1 Å². The van der Waals surface area contributed by atoms with Crippen molar-refractivity contribution in [3.63, 3.8) is 0 Å². The van der Waals surface area contributed by atoms with E-state index < -0.39 is 0 Å². The molecule has 2 fully saturated rings. The highest BCUT2D eigenvalue weighted by Gasteiger charge is 2.56. The maximum absolute atomic E-state index is 11.3. The zero-order valence-electron chi connectivity index (χ0n) is 16.8. The zero-order chi connectivity index (χ0) is 19.5. The van der Waals surface area contributed by atoms with Gasteiger partial charge in [-0.25, -0.2) is 0 Å². The summed E-state index contributed by atoms with van der Waals surface area (Å²) in [6, 6.07) is 5.94. The third-order valence-electron chi connectivity index (χ3n) is 7.91. The van der Waals surface area contributed by atoms with Crippen molar-refractivity contribution in [2.75, 3.05) is 0 Å². The average Bonchev–Trinajstić information content (AvgIpc) is 3.25. The van der Waals surface area contributed by atoms with Crippen LogP contribution in [0.25, 0.3) is 6.08 Å². The van der Waals surface area contributed by atoms with E-state index >= 15 is 0 Å². The molecule has 0 radical (unpaired) electrons. The minimum Gasteiger partial charge on any atom is -0.508 e. The number of hydrogen-bond acceptors (Lipinski definition) is 3. The molecule has 0 aliphatic heterocycles. The Balaban J connectivity index is 1.46. The first-order valence-electron chi connectivity index (χ1n) is 10.7. The van der Waals surface area contributed by atoms with Crippen LogP contribution in [0.2, 0.25) is 0 Å². The Bertz CT molecular complexity index is 930. The van der Waals surface area contributed by atoms with Crippen LogP contribution in [0.15, 0.2) is 36.2 Å². The maximum Gasteiger partial charge on any atom is 0.115 e. The second-order valence-electron chi connectivity index (χ2n) is 9.30. The molecule has 0 saturated heterocycles. The molecule has 5 unspecified atom stereocenters. The SMILES string of the molecule is CCn1cc(C=C2CC3C4CCc5cc(O)ccc5C4CCC3(C)C2O)cn1. The number of phenolic OH excluding ortho intramolecular Hbond substituents is 1. The molecule has 4 nitrogen and oxygen atoms in total. The Morgan fingerprint density at radius 2 is 2.18 bits per heavy atom. The minimum absolute atomic E-state index is 0.0256. The van der Waals surface area contributed by atoms with E-state index in [0.29, 0.717) is 23.5 Å². The lowest BCUT2D eigenvalue weighted by Gasteiger charge is -2.49. The smallest absolute Gasteiger partial charge is 0.115 e. The Kier molecular flexibility index (Phi) is 4.16. The van der Waals surface area contributed by atoms with Gasteiger partial charge >= 0.3 is 0 Å². The molecule has 3 aliphatic rings. The fourth-order valence-electron chi connectivity index (χ4n) is 6.41. The van der Waals surface area contributed by atoms with Crippen LogP contribution >= 0.6 is 0 Å². The summed E-state index contributed by atoms with van der Waals surface area (Å²) in [5.41, 5.74) is 5.01. The normalized spacial score (nSPS) is 35.5. The highest BCUT2D eigenvalue weighted by Crippen LogP contribution is 2.62. The van der Waals surface area contributed by atoms with Crippen LogP contribution in [-0.2, 0) is 13.0 Å². The van der Waals surface area contributed by atoms with Gasteiger partial charge in [-0.1, -0.05) is 19.1 Å². The average molecular weight is 379 g/mol. The standard InChI is InChI=1S/C24H30N2O2/c1-3-26-14-15(13-25-26)10-17-12-22-21-6-4-16-11-18(27)5-7-19(16)20(21)8-9-24(22,2)23(17)28/h5,7,10-11,13-14,20-23,27-28H,3-4,6,8-9,12H2,1-2H3. The van der Waals surface area contributed by atoms with Crippen molar-refractivity contribution < 1.29 is 10.2 Å². The predicted octanol–water partition coefficient (Wildman–Crippen LogP) is 4.52. The molecular weight excluding hydrogens is 348 g/mol. The highest BCUT2D eigenvalue weighted by molar-refractivity contribution is 5.54. The molecule has 1 aromatic heterocycles. The maximum atomic E-state index is 11.3. The van der Waals surface area contributed by atoms with Gasteiger partial charge in [0.25, 0.3) is 0 Å². The third kappa shape index (κ3) is 2.65. The van der Waals surface area contributed by atoms with Crippen molar-refractivity contribution in [3.8, 4) is 5.75 Å². The second-order valence-corrected chi connectivity index (χ2v) is 9.30. The van der Waals surface area contributed by atoms with Gasteiger partial charge in [-0.3, -0.25) is 4.68 Å². The van der Waals surface area contributed by atoms with Crippen molar-refractivity contribution in [2.24, 2.45) is 17.3 Å². The Morgan fingerprint density at radius 1 is 1.32 bits per heavy atom. The van der Waals surface area contributed by atoms with Gasteiger partial charge in [0.05, 0.1) is 12.3 Å². The van der Waals surface area contributed by atoms with Gasteiger partial charge in [0, 0.05) is 23.7 Å². The Hall–Kier alpha value is -2.07. The number of aromatic hydroxyl groups is 1. The molecule has 5 atom stereocenters. The first kappa shape index (κ1) is 18.0. The number of hydrogen-bond donors (Lipinski definition) is 2. The Labute approximate surface area is 166 Å². The van der Waals surface area contributed by atoms with Crippen LogP contribution in [0.5, 0.6) is 5.75 Å². The predicted molar refractivity (Wildman–Crippen MR) is 110 cm³/mol. The van der Waals surface area contributed by atoms with E-state index in [1.807, 2.05) is 23.0 Å². The molecule has 0 bridgehead atoms. The summed E-state index contributed by atoms with van der Waals surface area (Å²) in [7, 11) is 0. The lowest BCUT2D eigenvalue weighted by molar-refractivity contribution is -0.0158. The van der Waals surface area contributed by atoms with Gasteiger partial charge in [-0.05, 0) is 85.6 Å². The molecule has 2 saturated carbocycles. The quantitative estimate of drug-likeness (QED) is 0.808. The molecular formula is C24H30N2O2. The summed E-state index contributed by atoms with van der Waals surface area (Å²) in [4.78, 5) is 0. The number of nitrogens with zero attached hydrogens (tertiary/aromatic N) is 2. The van der Waals surface area contributed by atoms with E-state index in [1.54, 1.807) is 0 Å². The van der Waals surface area contributed by atoms with E-state index in [2.05, 4.69) is 37.3 Å². The molecule has 3 aliphatic carbocycles. The van der Waals surface area contributed by atoms with Crippen molar-refractivity contribution in [2.45, 2.75) is 64.5 Å². The van der Waals surface area contributed by atoms with E-state index in [0.717, 1.165) is 44.2 Å². The van der Waals surface area contributed by atoms with Gasteiger partial charge in [0.1, 0.15) is 5.75 Å². The van der Waals surface area contributed by atoms with Crippen molar-refractivity contribution in [1.29, 1.82) is 0 Å². The number of aliphatic hydroxyl groups is 1. The summed E-state index contributed by atoms with van der Waals surface area (Å²) in [6.07, 6.45) is 11.2. The fraction of sp³-hybridized carbons (Fsp3) is 0.542. The summed E-state index contributed by atoms with van der Waals surface area (Å²) in [5.74, 6) is 2.09. The second kappa shape index (κ2) is 6.48. The van der Waals surface area contributed by atoms with Gasteiger partial charge in [-0.2, -0.15) is 5.10 Å². The molecule has 0 amide bonds. The largest absolute Gasteiger partial charge is 0.508 e. The molecule has 5 rings (SSSR count). The van der Waals surface area contributed by atoms with Gasteiger partial charge < -0.3 is 10.2 Å². The number of aromatic nitrogens is 2. The molecule has 28 heavy (non-hydrogen) atoms. The molecule has 2 aromatic rings. The number of fused-ring (bicyclic) bond motifs is 5. The molecule has 4 heteroatoms. The van der Waals surface area contributed by atoms with Crippen molar-refractivity contribution >= 4 is 6.08 Å². The summed E-state index contributed by atoms with van der Waals surface area (Å²) in [5, 5.41) is 25.5. The van der Waals surface area contributed by atoms with Gasteiger partial charge in [0.2, 0.25) is 0 Å². The van der Waals surface area contributed by atoms with E-state index in [1.165, 1.54) is 16.7 Å². The summed E-state index contributed by atoms with van der Waals surface area (Å²) in [6.45, 7) is 5.26. The zero-order valence-corrected chi connectivity index (χ0v) is 16.8. The highest BCUT2D eigenvalue weighted by atomic mass is 16.3.